The third-order valence-electron chi connectivity index (χ3n) is 2.61. The quantitative estimate of drug-likeness (QED) is 0.471. The summed E-state index contributed by atoms with van der Waals surface area (Å²) in [4.78, 5) is 34.7. The number of nitro groups is 1. The van der Waals surface area contributed by atoms with Crippen LogP contribution in [0.1, 0.15) is 20.7 Å². The predicted octanol–water partition coefficient (Wildman–Crippen LogP) is 2.11. The lowest BCUT2D eigenvalue weighted by Crippen LogP contribution is -2.31. The maximum Gasteiger partial charge on any atom is 0.335 e. The van der Waals surface area contributed by atoms with Crippen molar-refractivity contribution in [1.82, 2.24) is 4.90 Å². The Morgan fingerprint density at radius 2 is 1.71 bits per heavy atom. The Labute approximate surface area is 121 Å². The number of carboxylic acid groups (broad SMARTS) is 1. The van der Waals surface area contributed by atoms with Crippen molar-refractivity contribution in [3.63, 3.8) is 0 Å². The van der Waals surface area contributed by atoms with Gasteiger partial charge in [-0.05, 0) is 6.07 Å². The Kier molecular flexibility index (Phi) is 5.36. The summed E-state index contributed by atoms with van der Waals surface area (Å²) >= 11 is 0. The third-order valence-corrected chi connectivity index (χ3v) is 2.61. The summed E-state index contributed by atoms with van der Waals surface area (Å²) in [6.45, 7) is 7.48. The molecule has 1 aromatic carbocycles. The first-order chi connectivity index (χ1) is 9.90. The van der Waals surface area contributed by atoms with E-state index < -0.39 is 22.5 Å². The van der Waals surface area contributed by atoms with Crippen LogP contribution in [0, 0.1) is 10.1 Å². The number of carboxylic acids is 1. The summed E-state index contributed by atoms with van der Waals surface area (Å²) in [5.74, 6) is -1.87. The van der Waals surface area contributed by atoms with Crippen molar-refractivity contribution in [2.75, 3.05) is 13.1 Å². The van der Waals surface area contributed by atoms with Gasteiger partial charge in [0.15, 0.2) is 0 Å². The number of non-ortho nitro benzene ring substituents is 1. The average Bonchev–Trinajstić information content (AvgIpc) is 2.45. The summed E-state index contributed by atoms with van der Waals surface area (Å²) in [7, 11) is 0. The van der Waals surface area contributed by atoms with Crippen LogP contribution in [0.4, 0.5) is 5.69 Å². The molecule has 7 nitrogen and oxygen atoms in total. The monoisotopic (exact) mass is 290 g/mol. The van der Waals surface area contributed by atoms with Crippen LogP contribution in [0.2, 0.25) is 0 Å². The molecular weight excluding hydrogens is 276 g/mol. The zero-order valence-corrected chi connectivity index (χ0v) is 11.2. The molecule has 0 bridgehead atoms. The van der Waals surface area contributed by atoms with E-state index in [4.69, 9.17) is 5.11 Å². The third kappa shape index (κ3) is 4.00. The summed E-state index contributed by atoms with van der Waals surface area (Å²) in [6.07, 6.45) is 2.99. The van der Waals surface area contributed by atoms with Gasteiger partial charge in [-0.2, -0.15) is 0 Å². The molecule has 7 heteroatoms. The largest absolute Gasteiger partial charge is 0.478 e. The number of rotatable bonds is 7. The number of benzene rings is 1. The fourth-order valence-corrected chi connectivity index (χ4v) is 1.70. The van der Waals surface area contributed by atoms with Crippen molar-refractivity contribution in [2.45, 2.75) is 0 Å². The van der Waals surface area contributed by atoms with Crippen molar-refractivity contribution >= 4 is 17.6 Å². The molecule has 0 fully saturated rings. The fourth-order valence-electron chi connectivity index (χ4n) is 1.70. The van der Waals surface area contributed by atoms with Gasteiger partial charge in [0.1, 0.15) is 0 Å². The summed E-state index contributed by atoms with van der Waals surface area (Å²) in [6, 6.07) is 3.06. The number of nitro benzene ring substituents is 1. The SMILES string of the molecule is C=CCN(CC=C)C(=O)c1cc(C(=O)O)cc([N+](=O)[O-])c1. The molecule has 1 aromatic rings. The van der Waals surface area contributed by atoms with Crippen LogP contribution in [0.25, 0.3) is 0 Å². The Morgan fingerprint density at radius 1 is 1.19 bits per heavy atom. The van der Waals surface area contributed by atoms with Gasteiger partial charge >= 0.3 is 5.97 Å². The lowest BCUT2D eigenvalue weighted by Gasteiger charge is -2.19. The number of amides is 1. The topological polar surface area (TPSA) is 101 Å². The van der Waals surface area contributed by atoms with Crippen molar-refractivity contribution in [2.24, 2.45) is 0 Å². The number of nitrogens with zero attached hydrogens (tertiary/aromatic N) is 2. The minimum absolute atomic E-state index is 0.0645. The maximum absolute atomic E-state index is 12.3. The highest BCUT2D eigenvalue weighted by Gasteiger charge is 2.20. The first-order valence-electron chi connectivity index (χ1n) is 5.94. The van der Waals surface area contributed by atoms with Crippen molar-refractivity contribution in [3.8, 4) is 0 Å². The highest BCUT2D eigenvalue weighted by molar-refractivity contribution is 5.98. The molecule has 21 heavy (non-hydrogen) atoms. The summed E-state index contributed by atoms with van der Waals surface area (Å²) < 4.78 is 0. The molecule has 0 saturated heterocycles. The van der Waals surface area contributed by atoms with Gasteiger partial charge in [0, 0.05) is 30.8 Å². The van der Waals surface area contributed by atoms with Crippen LogP contribution in [0.15, 0.2) is 43.5 Å². The van der Waals surface area contributed by atoms with Gasteiger partial charge < -0.3 is 10.0 Å². The van der Waals surface area contributed by atoms with Crippen LogP contribution < -0.4 is 0 Å². The zero-order chi connectivity index (χ0) is 16.0. The van der Waals surface area contributed by atoms with Crippen molar-refractivity contribution in [1.29, 1.82) is 0 Å². The molecule has 1 amide bonds. The van der Waals surface area contributed by atoms with Crippen LogP contribution in [-0.2, 0) is 0 Å². The fraction of sp³-hybridized carbons (Fsp3) is 0.143. The van der Waals surface area contributed by atoms with E-state index in [1.165, 1.54) is 17.1 Å². The molecule has 0 aliphatic heterocycles. The van der Waals surface area contributed by atoms with Crippen molar-refractivity contribution in [3.05, 3.63) is 64.8 Å². The minimum Gasteiger partial charge on any atom is -0.478 e. The number of carbonyl (C=O) groups is 2. The summed E-state index contributed by atoms with van der Waals surface area (Å²) in [5.41, 5.74) is -0.828. The Bertz CT molecular complexity index is 567. The van der Waals surface area contributed by atoms with Gasteiger partial charge in [0.05, 0.1) is 10.5 Å². The van der Waals surface area contributed by atoms with Gasteiger partial charge in [0.2, 0.25) is 0 Å². The van der Waals surface area contributed by atoms with E-state index in [9.17, 15) is 19.7 Å². The molecule has 0 unspecified atom stereocenters. The van der Waals surface area contributed by atoms with E-state index in [-0.39, 0.29) is 24.2 Å². The van der Waals surface area contributed by atoms with Gasteiger partial charge in [-0.1, -0.05) is 12.2 Å². The molecule has 0 heterocycles. The van der Waals surface area contributed by atoms with E-state index in [1.54, 1.807) is 0 Å². The van der Waals surface area contributed by atoms with Gasteiger partial charge in [0.25, 0.3) is 11.6 Å². The Hall–Kier alpha value is -2.96. The van der Waals surface area contributed by atoms with Gasteiger partial charge in [-0.15, -0.1) is 13.2 Å². The molecule has 0 aliphatic rings. The summed E-state index contributed by atoms with van der Waals surface area (Å²) in [5, 5.41) is 19.8. The highest BCUT2D eigenvalue weighted by atomic mass is 16.6. The lowest BCUT2D eigenvalue weighted by atomic mass is 10.1. The van der Waals surface area contributed by atoms with Crippen LogP contribution >= 0.6 is 0 Å². The molecule has 0 aliphatic carbocycles. The lowest BCUT2D eigenvalue weighted by molar-refractivity contribution is -0.384. The molecule has 110 valence electrons. The Morgan fingerprint density at radius 3 is 2.14 bits per heavy atom. The van der Waals surface area contributed by atoms with E-state index >= 15 is 0 Å². The second-order valence-electron chi connectivity index (χ2n) is 4.12. The smallest absolute Gasteiger partial charge is 0.335 e. The first-order valence-corrected chi connectivity index (χ1v) is 5.94. The van der Waals surface area contributed by atoms with Crippen LogP contribution in [-0.4, -0.2) is 39.9 Å². The molecule has 0 radical (unpaired) electrons. The van der Waals surface area contributed by atoms with E-state index in [0.717, 1.165) is 18.2 Å². The first kappa shape index (κ1) is 16.1. The number of hydrogen-bond donors (Lipinski definition) is 1. The molecular formula is C14H14N2O5. The molecule has 1 N–H and O–H groups in total. The van der Waals surface area contributed by atoms with E-state index in [2.05, 4.69) is 13.2 Å². The standard InChI is InChI=1S/C14H14N2O5/c1-3-5-15(6-4-2)13(17)10-7-11(14(18)19)9-12(8-10)16(20)21/h3-4,7-9H,1-2,5-6H2,(H,18,19). The van der Waals surface area contributed by atoms with E-state index in [0.29, 0.717) is 0 Å². The maximum atomic E-state index is 12.3. The minimum atomic E-state index is -1.34. The predicted molar refractivity (Wildman–Crippen MR) is 76.4 cm³/mol. The number of carbonyl (C=O) groups excluding carboxylic acids is 1. The molecule has 0 aromatic heterocycles. The number of aromatic carboxylic acids is 1. The van der Waals surface area contributed by atoms with Gasteiger partial charge in [-0.3, -0.25) is 14.9 Å². The molecule has 0 saturated carbocycles. The molecule has 1 rings (SSSR count). The van der Waals surface area contributed by atoms with Crippen molar-refractivity contribution < 1.29 is 19.6 Å². The molecule has 0 atom stereocenters. The van der Waals surface area contributed by atoms with Crippen LogP contribution in [0.3, 0.4) is 0 Å². The second-order valence-corrected chi connectivity index (χ2v) is 4.12. The van der Waals surface area contributed by atoms with Crippen LogP contribution in [0.5, 0.6) is 0 Å². The zero-order valence-electron chi connectivity index (χ0n) is 11.2. The van der Waals surface area contributed by atoms with E-state index in [1.807, 2.05) is 0 Å². The highest BCUT2D eigenvalue weighted by Crippen LogP contribution is 2.19. The normalized spacial score (nSPS) is 9.71. The Balaban J connectivity index is 3.29. The molecule has 0 spiro atoms. The number of hydrogen-bond acceptors (Lipinski definition) is 4. The second kappa shape index (κ2) is 6.99. The average molecular weight is 290 g/mol. The van der Waals surface area contributed by atoms with Gasteiger partial charge in [-0.25, -0.2) is 4.79 Å².